The Morgan fingerprint density at radius 1 is 0.971 bits per heavy atom. The van der Waals surface area contributed by atoms with Crippen LogP contribution in [-0.2, 0) is 23.9 Å². The number of nitrogens with zero attached hydrogens (tertiary/aromatic N) is 2. The van der Waals surface area contributed by atoms with E-state index >= 15 is 0 Å². The fourth-order valence-electron chi connectivity index (χ4n) is 5.53. The summed E-state index contributed by atoms with van der Waals surface area (Å²) in [4.78, 5) is 42.2. The van der Waals surface area contributed by atoms with Gasteiger partial charge in [0.05, 0.1) is 6.21 Å². The number of hydrogen-bond acceptors (Lipinski definition) is 7. The molecule has 0 N–H and O–H groups in total. The van der Waals surface area contributed by atoms with Crippen molar-refractivity contribution in [2.75, 3.05) is 0 Å². The molecular weight excluding hydrogens is 468 g/mol. The van der Waals surface area contributed by atoms with Gasteiger partial charge in [-0.05, 0) is 22.8 Å². The lowest BCUT2D eigenvalue weighted by Crippen LogP contribution is -2.58. The number of hydrogen-bond donors (Lipinski definition) is 0. The molecule has 2 aromatic rings. The van der Waals surface area contributed by atoms with E-state index in [4.69, 9.17) is 21.1 Å². The second-order valence-corrected chi connectivity index (χ2v) is 11.2. The van der Waals surface area contributed by atoms with Crippen LogP contribution in [-0.4, -0.2) is 40.8 Å². The highest BCUT2D eigenvalue weighted by molar-refractivity contribution is 6.31. The zero-order valence-electron chi connectivity index (χ0n) is 20.2. The van der Waals surface area contributed by atoms with Crippen LogP contribution in [0.1, 0.15) is 63.3 Å². The molecule has 3 heterocycles. The Kier molecular flexibility index (Phi) is 5.15. The van der Waals surface area contributed by atoms with Crippen LogP contribution in [0.2, 0.25) is 5.02 Å². The first-order valence-electron chi connectivity index (χ1n) is 11.6. The molecule has 3 aliphatic heterocycles. The van der Waals surface area contributed by atoms with Crippen LogP contribution in [0.3, 0.4) is 0 Å². The molecule has 0 unspecified atom stereocenters. The molecule has 7 nitrogen and oxygen atoms in total. The number of carbonyl (C=O) groups is 3. The Morgan fingerprint density at radius 2 is 1.54 bits per heavy atom. The lowest BCUT2D eigenvalue weighted by atomic mass is 9.64. The number of esters is 2. The van der Waals surface area contributed by atoms with Gasteiger partial charge in [-0.25, -0.2) is 0 Å². The number of rotatable bonds is 2. The molecule has 3 atom stereocenters. The number of cyclic esters (lactones) is 2. The standard InChI is InChI=1S/C27H27ClN2O5/c1-25(2,3)22(31)20-19(17-12-8-9-13-18(17)28)27(23(32)34-26(4,5)35-24(27)33)21-16-11-7-6-10-15(16)14-29-30(20)21/h6-14,19-21H,1-5H3/t19-,20-,21-/m1/s1. The number of Topliss-reactive ketones (excluding diaryl/α,β-unsaturated/α-hetero) is 1. The van der Waals surface area contributed by atoms with Crippen LogP contribution in [0.25, 0.3) is 0 Å². The third-order valence-electron chi connectivity index (χ3n) is 7.01. The van der Waals surface area contributed by atoms with Crippen molar-refractivity contribution in [2.45, 2.75) is 58.4 Å². The smallest absolute Gasteiger partial charge is 0.330 e. The van der Waals surface area contributed by atoms with Gasteiger partial charge in [-0.1, -0.05) is 74.8 Å². The van der Waals surface area contributed by atoms with E-state index in [0.29, 0.717) is 16.1 Å². The Hall–Kier alpha value is -3.19. The molecule has 0 aliphatic carbocycles. The van der Waals surface area contributed by atoms with Gasteiger partial charge in [0.15, 0.2) is 5.78 Å². The van der Waals surface area contributed by atoms with Crippen LogP contribution in [0.4, 0.5) is 0 Å². The molecule has 2 saturated heterocycles. The Morgan fingerprint density at radius 3 is 2.14 bits per heavy atom. The third-order valence-corrected chi connectivity index (χ3v) is 7.35. The monoisotopic (exact) mass is 494 g/mol. The summed E-state index contributed by atoms with van der Waals surface area (Å²) in [5.74, 6) is -4.12. The number of ether oxygens (including phenoxy) is 2. The maximum absolute atomic E-state index is 14.1. The summed E-state index contributed by atoms with van der Waals surface area (Å²) in [6, 6.07) is 12.4. The number of carbonyl (C=O) groups excluding carboxylic acids is 3. The second-order valence-electron chi connectivity index (χ2n) is 10.8. The van der Waals surface area contributed by atoms with Gasteiger partial charge in [0.2, 0.25) is 5.41 Å². The third kappa shape index (κ3) is 3.32. The molecular formula is C27H27ClN2O5. The number of halogens is 1. The van der Waals surface area contributed by atoms with Gasteiger partial charge >= 0.3 is 11.9 Å². The topological polar surface area (TPSA) is 85.3 Å². The summed E-state index contributed by atoms with van der Waals surface area (Å²) in [6.45, 7) is 8.44. The number of fused-ring (bicyclic) bond motifs is 4. The molecule has 2 aromatic carbocycles. The van der Waals surface area contributed by atoms with Gasteiger partial charge in [-0.2, -0.15) is 5.10 Å². The Bertz CT molecular complexity index is 1260. The van der Waals surface area contributed by atoms with E-state index in [2.05, 4.69) is 5.10 Å². The average molecular weight is 495 g/mol. The number of hydrazone groups is 1. The van der Waals surface area contributed by atoms with E-state index in [0.717, 1.165) is 5.56 Å². The summed E-state index contributed by atoms with van der Waals surface area (Å²) < 4.78 is 11.5. The van der Waals surface area contributed by atoms with Crippen LogP contribution in [0.15, 0.2) is 53.6 Å². The maximum Gasteiger partial charge on any atom is 0.330 e. The van der Waals surface area contributed by atoms with Gasteiger partial charge in [-0.15, -0.1) is 0 Å². The molecule has 2 fully saturated rings. The van der Waals surface area contributed by atoms with E-state index in [-0.39, 0.29) is 5.78 Å². The lowest BCUT2D eigenvalue weighted by molar-refractivity contribution is -0.254. The van der Waals surface area contributed by atoms with E-state index in [1.54, 1.807) is 56.3 Å². The van der Waals surface area contributed by atoms with E-state index in [1.807, 2.05) is 24.3 Å². The molecule has 0 saturated carbocycles. The van der Waals surface area contributed by atoms with Crippen LogP contribution in [0.5, 0.6) is 0 Å². The zero-order chi connectivity index (χ0) is 25.3. The zero-order valence-corrected chi connectivity index (χ0v) is 21.0. The van der Waals surface area contributed by atoms with Gasteiger partial charge in [-0.3, -0.25) is 19.4 Å². The van der Waals surface area contributed by atoms with Crippen LogP contribution >= 0.6 is 11.6 Å². The molecule has 0 radical (unpaired) electrons. The Balaban J connectivity index is 1.87. The molecule has 5 rings (SSSR count). The van der Waals surface area contributed by atoms with Gasteiger partial charge in [0.25, 0.3) is 5.79 Å². The van der Waals surface area contributed by atoms with Gasteiger partial charge < -0.3 is 9.47 Å². The largest absolute Gasteiger partial charge is 0.422 e. The molecule has 8 heteroatoms. The summed E-state index contributed by atoms with van der Waals surface area (Å²) >= 11 is 6.67. The SMILES string of the molecule is CC1(C)OC(=O)C2(C(=O)O1)[C@H](c1ccccc1Cl)[C@H](C(=O)C(C)(C)C)N1N=Cc3ccccc3[C@@H]12. The minimum absolute atomic E-state index is 0.175. The highest BCUT2D eigenvalue weighted by atomic mass is 35.5. The highest BCUT2D eigenvalue weighted by Gasteiger charge is 2.75. The summed E-state index contributed by atoms with van der Waals surface area (Å²) in [7, 11) is 0. The minimum Gasteiger partial charge on any atom is -0.422 e. The quantitative estimate of drug-likeness (QED) is 0.447. The van der Waals surface area contributed by atoms with Crippen molar-refractivity contribution in [2.24, 2.45) is 15.9 Å². The average Bonchev–Trinajstić information content (AvgIpc) is 3.08. The molecule has 1 spiro atoms. The molecule has 3 aliphatic rings. The van der Waals surface area contributed by atoms with Crippen molar-refractivity contribution in [3.8, 4) is 0 Å². The van der Waals surface area contributed by atoms with Gasteiger partial charge in [0, 0.05) is 30.2 Å². The minimum atomic E-state index is -1.90. The van der Waals surface area contributed by atoms with Crippen molar-refractivity contribution in [3.05, 3.63) is 70.2 Å². The van der Waals surface area contributed by atoms with Crippen molar-refractivity contribution in [1.29, 1.82) is 0 Å². The molecule has 0 amide bonds. The number of benzene rings is 2. The summed E-state index contributed by atoms with van der Waals surface area (Å²) in [5.41, 5.74) is -0.765. The molecule has 182 valence electrons. The Labute approximate surface area is 209 Å². The maximum atomic E-state index is 14.1. The fraction of sp³-hybridized carbons (Fsp3) is 0.407. The first-order valence-corrected chi connectivity index (χ1v) is 11.9. The molecule has 0 aromatic heterocycles. The highest BCUT2D eigenvalue weighted by Crippen LogP contribution is 2.63. The van der Waals surface area contributed by atoms with E-state index < -0.39 is 46.6 Å². The van der Waals surface area contributed by atoms with Gasteiger partial charge in [0.1, 0.15) is 12.1 Å². The predicted octanol–water partition coefficient (Wildman–Crippen LogP) is 4.63. The first kappa shape index (κ1) is 23.5. The van der Waals surface area contributed by atoms with E-state index in [9.17, 15) is 14.4 Å². The van der Waals surface area contributed by atoms with Crippen molar-refractivity contribution < 1.29 is 23.9 Å². The first-order chi connectivity index (χ1) is 16.4. The fourth-order valence-corrected chi connectivity index (χ4v) is 5.78. The van der Waals surface area contributed by atoms with Crippen molar-refractivity contribution in [3.63, 3.8) is 0 Å². The normalized spacial score (nSPS) is 26.1. The second kappa shape index (κ2) is 7.65. The molecule has 35 heavy (non-hydrogen) atoms. The lowest BCUT2D eigenvalue weighted by Gasteiger charge is -2.44. The number of ketones is 1. The van der Waals surface area contributed by atoms with Crippen molar-refractivity contribution in [1.82, 2.24) is 5.01 Å². The van der Waals surface area contributed by atoms with Crippen LogP contribution in [0, 0.1) is 10.8 Å². The van der Waals surface area contributed by atoms with E-state index in [1.165, 1.54) is 13.8 Å². The van der Waals surface area contributed by atoms with Crippen molar-refractivity contribution >= 4 is 35.5 Å². The molecule has 0 bridgehead atoms. The summed E-state index contributed by atoms with van der Waals surface area (Å²) in [6.07, 6.45) is 1.65. The summed E-state index contributed by atoms with van der Waals surface area (Å²) in [5, 5.41) is 6.56. The van der Waals surface area contributed by atoms with Crippen LogP contribution < -0.4 is 0 Å². The predicted molar refractivity (Wildman–Crippen MR) is 130 cm³/mol.